The van der Waals surface area contributed by atoms with Gasteiger partial charge in [0.2, 0.25) is 5.60 Å². The van der Waals surface area contributed by atoms with Gasteiger partial charge in [-0.2, -0.15) is 0 Å². The fourth-order valence-electron chi connectivity index (χ4n) is 5.61. The van der Waals surface area contributed by atoms with Crippen molar-refractivity contribution in [2.45, 2.75) is 78.2 Å². The fraction of sp³-hybridized carbons (Fsp3) is 0.773. The standard InChI is InChI=1S/C22H32O6/c1-5-26-20(25)28-22(4)13-15(27-19(22)24)9-8-14(2)16-10-11-17-18(23)7-6-12-21(16,17)3/h13-14,16-17H,5-12H2,1-4H3/t14-,16-,17?,21-,22-/m1/s1. The molecule has 6 heteroatoms. The molecule has 3 rings (SSSR count). The van der Waals surface area contributed by atoms with Crippen LogP contribution < -0.4 is 0 Å². The Labute approximate surface area is 167 Å². The van der Waals surface area contributed by atoms with Gasteiger partial charge < -0.3 is 14.2 Å². The maximum Gasteiger partial charge on any atom is 0.509 e. The molecule has 2 aliphatic carbocycles. The monoisotopic (exact) mass is 392 g/mol. The molecule has 0 aromatic heterocycles. The lowest BCUT2D eigenvalue weighted by Crippen LogP contribution is -2.39. The molecule has 1 unspecified atom stereocenters. The molecule has 0 spiro atoms. The zero-order valence-corrected chi connectivity index (χ0v) is 17.4. The van der Waals surface area contributed by atoms with Gasteiger partial charge in [0.15, 0.2) is 0 Å². The van der Waals surface area contributed by atoms with E-state index in [0.29, 0.717) is 29.8 Å². The third kappa shape index (κ3) is 3.83. The minimum absolute atomic E-state index is 0.108. The van der Waals surface area contributed by atoms with Crippen LogP contribution in [0.1, 0.15) is 72.6 Å². The van der Waals surface area contributed by atoms with Crippen molar-refractivity contribution in [2.24, 2.45) is 23.2 Å². The molecule has 3 aliphatic rings. The lowest BCUT2D eigenvalue weighted by molar-refractivity contribution is -0.152. The van der Waals surface area contributed by atoms with Crippen LogP contribution in [0, 0.1) is 23.2 Å². The normalized spacial score (nSPS) is 35.8. The van der Waals surface area contributed by atoms with E-state index in [9.17, 15) is 14.4 Å². The maximum atomic E-state index is 12.3. The number of fused-ring (bicyclic) bond motifs is 1. The second-order valence-corrected chi connectivity index (χ2v) is 8.97. The molecule has 6 nitrogen and oxygen atoms in total. The zero-order valence-electron chi connectivity index (χ0n) is 17.4. The first-order valence-electron chi connectivity index (χ1n) is 10.5. The number of esters is 1. The Balaban J connectivity index is 1.59. The van der Waals surface area contributed by atoms with E-state index >= 15 is 0 Å². The molecule has 0 amide bonds. The van der Waals surface area contributed by atoms with Crippen LogP contribution in [-0.4, -0.2) is 30.1 Å². The van der Waals surface area contributed by atoms with Crippen molar-refractivity contribution in [1.82, 2.24) is 0 Å². The largest absolute Gasteiger partial charge is 0.509 e. The molecule has 0 saturated heterocycles. The van der Waals surface area contributed by atoms with Crippen molar-refractivity contribution < 1.29 is 28.6 Å². The van der Waals surface area contributed by atoms with E-state index in [1.165, 1.54) is 6.92 Å². The summed E-state index contributed by atoms with van der Waals surface area (Å²) >= 11 is 0. The fourth-order valence-corrected chi connectivity index (χ4v) is 5.61. The highest BCUT2D eigenvalue weighted by molar-refractivity contribution is 5.87. The number of cyclic esters (lactones) is 1. The molecule has 0 radical (unpaired) electrons. The minimum atomic E-state index is -1.43. The highest BCUT2D eigenvalue weighted by atomic mass is 16.7. The van der Waals surface area contributed by atoms with Crippen molar-refractivity contribution >= 4 is 17.9 Å². The van der Waals surface area contributed by atoms with Crippen molar-refractivity contribution in [3.8, 4) is 0 Å². The number of Topliss-reactive ketones (excluding diaryl/α,β-unsaturated/α-hetero) is 1. The SMILES string of the molecule is CCOC(=O)O[C@]1(C)C=C(CC[C@@H](C)[C@H]2CCC3C(=O)CCC[C@@]32C)OC1=O. The smallest absolute Gasteiger partial charge is 0.435 e. The van der Waals surface area contributed by atoms with Crippen molar-refractivity contribution in [1.29, 1.82) is 0 Å². The highest BCUT2D eigenvalue weighted by Crippen LogP contribution is 2.57. The van der Waals surface area contributed by atoms with Crippen LogP contribution in [0.2, 0.25) is 0 Å². The third-order valence-corrected chi connectivity index (χ3v) is 7.09. The quantitative estimate of drug-likeness (QED) is 0.617. The second kappa shape index (κ2) is 7.88. The van der Waals surface area contributed by atoms with Crippen molar-refractivity contribution in [2.75, 3.05) is 6.61 Å². The molecule has 0 aromatic carbocycles. The Morgan fingerprint density at radius 1 is 1.32 bits per heavy atom. The first kappa shape index (κ1) is 20.9. The third-order valence-electron chi connectivity index (χ3n) is 7.09. The van der Waals surface area contributed by atoms with Gasteiger partial charge in [-0.25, -0.2) is 9.59 Å². The van der Waals surface area contributed by atoms with Gasteiger partial charge in [-0.1, -0.05) is 13.8 Å². The molecule has 28 heavy (non-hydrogen) atoms. The average molecular weight is 392 g/mol. The summed E-state index contributed by atoms with van der Waals surface area (Å²) < 4.78 is 15.3. The molecule has 0 N–H and O–H groups in total. The molecular formula is C22H32O6. The summed E-state index contributed by atoms with van der Waals surface area (Å²) in [6, 6.07) is 0. The van der Waals surface area contributed by atoms with E-state index in [-0.39, 0.29) is 17.9 Å². The number of hydrogen-bond donors (Lipinski definition) is 0. The van der Waals surface area contributed by atoms with Crippen LogP contribution in [0.5, 0.6) is 0 Å². The molecule has 156 valence electrons. The molecule has 0 aromatic rings. The van der Waals surface area contributed by atoms with Gasteiger partial charge in [0.05, 0.1) is 6.61 Å². The van der Waals surface area contributed by atoms with Crippen LogP contribution in [0.4, 0.5) is 4.79 Å². The lowest BCUT2D eigenvalue weighted by Gasteiger charge is -2.42. The number of carbonyl (C=O) groups is 3. The van der Waals surface area contributed by atoms with Crippen LogP contribution >= 0.6 is 0 Å². The van der Waals surface area contributed by atoms with Crippen LogP contribution in [0.15, 0.2) is 11.8 Å². The van der Waals surface area contributed by atoms with E-state index in [1.54, 1.807) is 13.0 Å². The van der Waals surface area contributed by atoms with Crippen molar-refractivity contribution in [3.05, 3.63) is 11.8 Å². The lowest BCUT2D eigenvalue weighted by atomic mass is 9.62. The number of rotatable bonds is 6. The predicted octanol–water partition coefficient (Wildman–Crippen LogP) is 4.56. The van der Waals surface area contributed by atoms with Gasteiger partial charge in [0.25, 0.3) is 0 Å². The van der Waals surface area contributed by atoms with E-state index in [1.807, 2.05) is 0 Å². The Kier molecular flexibility index (Phi) is 5.87. The summed E-state index contributed by atoms with van der Waals surface area (Å²) in [5.74, 6) is 1.57. The van der Waals surface area contributed by atoms with Crippen LogP contribution in [-0.2, 0) is 23.8 Å². The van der Waals surface area contributed by atoms with E-state index in [0.717, 1.165) is 38.5 Å². The zero-order chi connectivity index (χ0) is 20.5. The second-order valence-electron chi connectivity index (χ2n) is 8.97. The molecule has 2 saturated carbocycles. The molecule has 2 fully saturated rings. The van der Waals surface area contributed by atoms with Gasteiger partial charge in [0, 0.05) is 24.8 Å². The number of allylic oxidation sites excluding steroid dienone is 1. The van der Waals surface area contributed by atoms with Gasteiger partial charge in [0.1, 0.15) is 11.5 Å². The van der Waals surface area contributed by atoms with Gasteiger partial charge in [-0.05, 0) is 63.2 Å². The molecule has 1 heterocycles. The number of ether oxygens (including phenoxy) is 3. The first-order chi connectivity index (χ1) is 13.2. The average Bonchev–Trinajstić information content (AvgIpc) is 3.10. The van der Waals surface area contributed by atoms with E-state index in [2.05, 4.69) is 13.8 Å². The number of ketones is 1. The first-order valence-corrected chi connectivity index (χ1v) is 10.5. The van der Waals surface area contributed by atoms with Gasteiger partial charge in [-0.15, -0.1) is 0 Å². The minimum Gasteiger partial charge on any atom is -0.435 e. The summed E-state index contributed by atoms with van der Waals surface area (Å²) in [5, 5.41) is 0. The van der Waals surface area contributed by atoms with Crippen molar-refractivity contribution in [3.63, 3.8) is 0 Å². The summed E-state index contributed by atoms with van der Waals surface area (Å²) in [7, 11) is 0. The van der Waals surface area contributed by atoms with Crippen LogP contribution in [0.3, 0.4) is 0 Å². The summed E-state index contributed by atoms with van der Waals surface area (Å²) in [6.07, 6.45) is 7.16. The molecule has 1 aliphatic heterocycles. The number of carbonyl (C=O) groups excluding carboxylic acids is 3. The molecular weight excluding hydrogens is 360 g/mol. The van der Waals surface area contributed by atoms with Crippen LogP contribution in [0.25, 0.3) is 0 Å². The van der Waals surface area contributed by atoms with Gasteiger partial charge >= 0.3 is 12.1 Å². The summed E-state index contributed by atoms with van der Waals surface area (Å²) in [5.41, 5.74) is -1.32. The predicted molar refractivity (Wildman–Crippen MR) is 102 cm³/mol. The summed E-state index contributed by atoms with van der Waals surface area (Å²) in [4.78, 5) is 36.1. The molecule has 0 bridgehead atoms. The number of hydrogen-bond acceptors (Lipinski definition) is 6. The Hall–Kier alpha value is -1.85. The Bertz CT molecular complexity index is 683. The van der Waals surface area contributed by atoms with E-state index in [4.69, 9.17) is 14.2 Å². The maximum absolute atomic E-state index is 12.3. The Morgan fingerprint density at radius 2 is 2.07 bits per heavy atom. The molecule has 5 atom stereocenters. The summed E-state index contributed by atoms with van der Waals surface area (Å²) in [6.45, 7) is 7.90. The van der Waals surface area contributed by atoms with Gasteiger partial charge in [-0.3, -0.25) is 4.79 Å². The van der Waals surface area contributed by atoms with E-state index < -0.39 is 17.7 Å². The Morgan fingerprint density at radius 3 is 2.79 bits per heavy atom. The highest BCUT2D eigenvalue weighted by Gasteiger charge is 2.52. The topological polar surface area (TPSA) is 78.9 Å².